The smallest absolute Gasteiger partial charge is 0.340 e. The second-order valence-electron chi connectivity index (χ2n) is 4.36. The Morgan fingerprint density at radius 1 is 1.44 bits per heavy atom. The molecule has 2 N–H and O–H groups in total. The quantitative estimate of drug-likeness (QED) is 0.806. The van der Waals surface area contributed by atoms with Crippen molar-refractivity contribution in [1.82, 2.24) is 10.6 Å². The zero-order chi connectivity index (χ0) is 13.3. The van der Waals surface area contributed by atoms with Crippen LogP contribution < -0.4 is 10.6 Å². The van der Waals surface area contributed by atoms with Gasteiger partial charge in [-0.2, -0.15) is 13.2 Å². The van der Waals surface area contributed by atoms with Crippen LogP contribution in [0, 0.1) is 6.92 Å². The number of carbonyl (C=O) groups excluding carboxylic acids is 1. The molecule has 1 aromatic rings. The zero-order valence-corrected chi connectivity index (χ0v) is 9.77. The third kappa shape index (κ3) is 2.64. The number of hydrogen-bond donors (Lipinski definition) is 2. The minimum absolute atomic E-state index is 0.303. The maximum absolute atomic E-state index is 12.2. The SMILES string of the molecule is Cc1ccc2c(c1)CNCC2NC(=O)C(F)(F)F. The van der Waals surface area contributed by atoms with Crippen molar-refractivity contribution >= 4 is 5.91 Å². The first kappa shape index (κ1) is 12.9. The fraction of sp³-hybridized carbons (Fsp3) is 0.417. The van der Waals surface area contributed by atoms with Crippen LogP contribution in [0.3, 0.4) is 0 Å². The molecule has 1 atom stereocenters. The Morgan fingerprint density at radius 3 is 2.83 bits per heavy atom. The average molecular weight is 258 g/mol. The highest BCUT2D eigenvalue weighted by Gasteiger charge is 2.40. The number of hydrogen-bond acceptors (Lipinski definition) is 2. The molecule has 6 heteroatoms. The second kappa shape index (κ2) is 4.61. The molecule has 3 nitrogen and oxygen atoms in total. The lowest BCUT2D eigenvalue weighted by Gasteiger charge is -2.27. The highest BCUT2D eigenvalue weighted by Crippen LogP contribution is 2.24. The summed E-state index contributed by atoms with van der Waals surface area (Å²) in [5.74, 6) is -1.90. The van der Waals surface area contributed by atoms with E-state index in [-0.39, 0.29) is 0 Å². The van der Waals surface area contributed by atoms with Crippen LogP contribution in [0.25, 0.3) is 0 Å². The Bertz CT molecular complexity index is 471. The van der Waals surface area contributed by atoms with Crippen molar-refractivity contribution in [2.75, 3.05) is 6.54 Å². The zero-order valence-electron chi connectivity index (χ0n) is 9.77. The molecule has 0 spiro atoms. The van der Waals surface area contributed by atoms with Crippen molar-refractivity contribution in [3.63, 3.8) is 0 Å². The van der Waals surface area contributed by atoms with Gasteiger partial charge in [-0.15, -0.1) is 0 Å². The van der Waals surface area contributed by atoms with Crippen LogP contribution in [-0.4, -0.2) is 18.6 Å². The summed E-state index contributed by atoms with van der Waals surface area (Å²) < 4.78 is 36.6. The number of nitrogens with one attached hydrogen (secondary N) is 2. The summed E-state index contributed by atoms with van der Waals surface area (Å²) in [6.45, 7) is 2.82. The molecule has 0 saturated heterocycles. The number of benzene rings is 1. The molecule has 1 amide bonds. The van der Waals surface area contributed by atoms with E-state index in [1.165, 1.54) is 0 Å². The number of aryl methyl sites for hydroxylation is 1. The van der Waals surface area contributed by atoms with Gasteiger partial charge in [-0.1, -0.05) is 23.8 Å². The average Bonchev–Trinajstić information content (AvgIpc) is 2.27. The van der Waals surface area contributed by atoms with Crippen LogP contribution in [0.2, 0.25) is 0 Å². The third-order valence-electron chi connectivity index (χ3n) is 2.90. The van der Waals surface area contributed by atoms with Gasteiger partial charge in [0.1, 0.15) is 0 Å². The number of halogens is 3. The summed E-state index contributed by atoms with van der Waals surface area (Å²) in [4.78, 5) is 10.9. The topological polar surface area (TPSA) is 41.1 Å². The molecule has 0 saturated carbocycles. The van der Waals surface area contributed by atoms with Gasteiger partial charge in [-0.05, 0) is 18.1 Å². The Kier molecular flexibility index (Phi) is 3.30. The van der Waals surface area contributed by atoms with Crippen molar-refractivity contribution in [2.45, 2.75) is 25.7 Å². The van der Waals surface area contributed by atoms with E-state index >= 15 is 0 Å². The molecule has 1 aliphatic heterocycles. The lowest BCUT2D eigenvalue weighted by molar-refractivity contribution is -0.174. The molecule has 0 aliphatic carbocycles. The molecule has 0 bridgehead atoms. The van der Waals surface area contributed by atoms with Gasteiger partial charge >= 0.3 is 12.1 Å². The van der Waals surface area contributed by atoms with E-state index < -0.39 is 18.1 Å². The molecule has 98 valence electrons. The molecule has 2 rings (SSSR count). The molecule has 0 radical (unpaired) electrons. The first-order chi connectivity index (χ1) is 8.38. The van der Waals surface area contributed by atoms with E-state index in [1.807, 2.05) is 24.4 Å². The lowest BCUT2D eigenvalue weighted by Crippen LogP contribution is -2.44. The maximum atomic E-state index is 12.2. The molecular weight excluding hydrogens is 245 g/mol. The Hall–Kier alpha value is -1.56. The van der Waals surface area contributed by atoms with Crippen LogP contribution in [0.4, 0.5) is 13.2 Å². The standard InChI is InChI=1S/C12H13F3N2O/c1-7-2-3-9-8(4-7)5-16-6-10(9)17-11(18)12(13,14)15/h2-4,10,16H,5-6H2,1H3,(H,17,18). The van der Waals surface area contributed by atoms with Gasteiger partial charge in [0.2, 0.25) is 0 Å². The number of carbonyl (C=O) groups is 1. The molecule has 18 heavy (non-hydrogen) atoms. The highest BCUT2D eigenvalue weighted by atomic mass is 19.4. The van der Waals surface area contributed by atoms with Gasteiger partial charge in [-0.3, -0.25) is 4.79 Å². The van der Waals surface area contributed by atoms with Crippen molar-refractivity contribution in [1.29, 1.82) is 0 Å². The predicted molar refractivity (Wildman–Crippen MR) is 59.8 cm³/mol. The summed E-state index contributed by atoms with van der Waals surface area (Å²) in [5.41, 5.74) is 2.71. The molecule has 1 aliphatic rings. The monoisotopic (exact) mass is 258 g/mol. The molecule has 1 aromatic carbocycles. The first-order valence-electron chi connectivity index (χ1n) is 5.56. The van der Waals surface area contributed by atoms with Gasteiger partial charge in [0, 0.05) is 13.1 Å². The van der Waals surface area contributed by atoms with Gasteiger partial charge in [0.15, 0.2) is 0 Å². The number of alkyl halides is 3. The van der Waals surface area contributed by atoms with Crippen LogP contribution in [0.5, 0.6) is 0 Å². The molecule has 1 heterocycles. The van der Waals surface area contributed by atoms with E-state index in [0.29, 0.717) is 13.1 Å². The summed E-state index contributed by atoms with van der Waals surface area (Å²) >= 11 is 0. The van der Waals surface area contributed by atoms with E-state index in [2.05, 4.69) is 5.32 Å². The summed E-state index contributed by atoms with van der Waals surface area (Å²) in [6.07, 6.45) is -4.84. The normalized spacial score (nSPS) is 19.2. The molecule has 0 fully saturated rings. The van der Waals surface area contributed by atoms with Gasteiger partial charge in [0.25, 0.3) is 0 Å². The van der Waals surface area contributed by atoms with Crippen LogP contribution in [0.15, 0.2) is 18.2 Å². The van der Waals surface area contributed by atoms with Crippen molar-refractivity contribution in [3.05, 3.63) is 34.9 Å². The van der Waals surface area contributed by atoms with Crippen LogP contribution in [0.1, 0.15) is 22.7 Å². The van der Waals surface area contributed by atoms with E-state index in [1.54, 1.807) is 6.07 Å². The number of amides is 1. The Morgan fingerprint density at radius 2 is 2.17 bits per heavy atom. The fourth-order valence-corrected chi connectivity index (χ4v) is 2.06. The van der Waals surface area contributed by atoms with E-state index in [4.69, 9.17) is 0 Å². The van der Waals surface area contributed by atoms with Gasteiger partial charge in [-0.25, -0.2) is 0 Å². The van der Waals surface area contributed by atoms with Gasteiger partial charge < -0.3 is 10.6 Å². The van der Waals surface area contributed by atoms with Crippen molar-refractivity contribution in [2.24, 2.45) is 0 Å². The minimum Gasteiger partial charge on any atom is -0.340 e. The maximum Gasteiger partial charge on any atom is 0.471 e. The molecule has 1 unspecified atom stereocenters. The van der Waals surface area contributed by atoms with Crippen LogP contribution >= 0.6 is 0 Å². The Balaban J connectivity index is 2.21. The van der Waals surface area contributed by atoms with Crippen molar-refractivity contribution in [3.8, 4) is 0 Å². The molecular formula is C12H13F3N2O. The lowest BCUT2D eigenvalue weighted by atomic mass is 9.95. The fourth-order valence-electron chi connectivity index (χ4n) is 2.06. The van der Waals surface area contributed by atoms with Gasteiger partial charge in [0.05, 0.1) is 6.04 Å². The Labute approximate surface area is 102 Å². The number of rotatable bonds is 1. The largest absolute Gasteiger partial charge is 0.471 e. The second-order valence-corrected chi connectivity index (χ2v) is 4.36. The molecule has 0 aromatic heterocycles. The van der Waals surface area contributed by atoms with Crippen molar-refractivity contribution < 1.29 is 18.0 Å². The number of fused-ring (bicyclic) bond motifs is 1. The van der Waals surface area contributed by atoms with E-state index in [9.17, 15) is 18.0 Å². The summed E-state index contributed by atoms with van der Waals surface area (Å²) in [6, 6.07) is 4.88. The summed E-state index contributed by atoms with van der Waals surface area (Å²) in [7, 11) is 0. The third-order valence-corrected chi connectivity index (χ3v) is 2.90. The first-order valence-corrected chi connectivity index (χ1v) is 5.56. The highest BCUT2D eigenvalue weighted by molar-refractivity contribution is 5.82. The minimum atomic E-state index is -4.84. The predicted octanol–water partition coefficient (Wildman–Crippen LogP) is 1.82. The van der Waals surface area contributed by atoms with Crippen LogP contribution in [-0.2, 0) is 11.3 Å². The van der Waals surface area contributed by atoms with E-state index in [0.717, 1.165) is 16.7 Å². The summed E-state index contributed by atoms with van der Waals surface area (Å²) in [5, 5.41) is 5.00.